The SMILES string of the molecule is CC(C)(F)CC(CN)CC(=O)O. The summed E-state index contributed by atoms with van der Waals surface area (Å²) in [5, 5.41) is 8.43. The van der Waals surface area contributed by atoms with Gasteiger partial charge in [-0.25, -0.2) is 4.39 Å². The largest absolute Gasteiger partial charge is 0.481 e. The summed E-state index contributed by atoms with van der Waals surface area (Å²) in [5.74, 6) is -1.18. The quantitative estimate of drug-likeness (QED) is 0.662. The van der Waals surface area contributed by atoms with Gasteiger partial charge in [0.15, 0.2) is 0 Å². The van der Waals surface area contributed by atoms with Crippen LogP contribution >= 0.6 is 0 Å². The third kappa shape index (κ3) is 6.09. The Morgan fingerprint density at radius 1 is 1.67 bits per heavy atom. The Hall–Kier alpha value is -0.640. The lowest BCUT2D eigenvalue weighted by Gasteiger charge is -2.20. The lowest BCUT2D eigenvalue weighted by atomic mass is 9.92. The highest BCUT2D eigenvalue weighted by Gasteiger charge is 2.23. The molecule has 0 saturated heterocycles. The number of hydrogen-bond acceptors (Lipinski definition) is 2. The van der Waals surface area contributed by atoms with Crippen molar-refractivity contribution in [3.63, 3.8) is 0 Å². The van der Waals surface area contributed by atoms with Crippen LogP contribution in [-0.4, -0.2) is 23.3 Å². The number of halogens is 1. The number of hydrogen-bond donors (Lipinski definition) is 2. The minimum atomic E-state index is -1.33. The third-order valence-electron chi connectivity index (χ3n) is 1.57. The molecule has 0 aliphatic heterocycles. The second kappa shape index (κ2) is 4.40. The molecule has 0 aromatic rings. The number of carboxylic acids is 1. The topological polar surface area (TPSA) is 63.3 Å². The van der Waals surface area contributed by atoms with Gasteiger partial charge < -0.3 is 10.8 Å². The number of aliphatic carboxylic acids is 1. The second-order valence-electron chi connectivity index (χ2n) is 3.62. The van der Waals surface area contributed by atoms with Crippen molar-refractivity contribution in [2.45, 2.75) is 32.4 Å². The van der Waals surface area contributed by atoms with Gasteiger partial charge in [-0.05, 0) is 32.7 Å². The highest BCUT2D eigenvalue weighted by molar-refractivity contribution is 5.67. The first-order valence-corrected chi connectivity index (χ1v) is 3.96. The Bertz CT molecular complexity index is 154. The van der Waals surface area contributed by atoms with Crippen LogP contribution in [0.3, 0.4) is 0 Å². The summed E-state index contributed by atoms with van der Waals surface area (Å²) in [6, 6.07) is 0. The fourth-order valence-corrected chi connectivity index (χ4v) is 1.17. The van der Waals surface area contributed by atoms with Gasteiger partial charge in [-0.3, -0.25) is 4.79 Å². The molecule has 0 aliphatic rings. The van der Waals surface area contributed by atoms with Crippen LogP contribution in [0.1, 0.15) is 26.7 Å². The van der Waals surface area contributed by atoms with Gasteiger partial charge in [-0.1, -0.05) is 0 Å². The van der Waals surface area contributed by atoms with Crippen LogP contribution in [-0.2, 0) is 4.79 Å². The predicted octanol–water partition coefficient (Wildman–Crippen LogP) is 1.17. The molecule has 0 aromatic heterocycles. The zero-order valence-electron chi connectivity index (χ0n) is 7.51. The maximum Gasteiger partial charge on any atom is 0.303 e. The average molecular weight is 177 g/mol. The first kappa shape index (κ1) is 11.4. The molecule has 0 aliphatic carbocycles. The fourth-order valence-electron chi connectivity index (χ4n) is 1.17. The van der Waals surface area contributed by atoms with Crippen molar-refractivity contribution in [2.24, 2.45) is 11.7 Å². The standard InChI is InChI=1S/C8H16FNO2/c1-8(2,9)4-6(5-10)3-7(11)12/h6H,3-5,10H2,1-2H3,(H,11,12). The zero-order valence-corrected chi connectivity index (χ0v) is 7.51. The van der Waals surface area contributed by atoms with Gasteiger partial charge in [0.25, 0.3) is 0 Å². The van der Waals surface area contributed by atoms with Gasteiger partial charge in [-0.15, -0.1) is 0 Å². The summed E-state index contributed by atoms with van der Waals surface area (Å²) in [5.41, 5.74) is 3.96. The van der Waals surface area contributed by atoms with Crippen molar-refractivity contribution in [1.29, 1.82) is 0 Å². The summed E-state index contributed by atoms with van der Waals surface area (Å²) in [6.45, 7) is 3.08. The molecule has 4 heteroatoms. The molecule has 3 nitrogen and oxygen atoms in total. The zero-order chi connectivity index (χ0) is 9.78. The molecule has 0 radical (unpaired) electrons. The number of carboxylic acid groups (broad SMARTS) is 1. The molecule has 1 atom stereocenters. The summed E-state index contributed by atoms with van der Waals surface area (Å²) in [7, 11) is 0. The van der Waals surface area contributed by atoms with Gasteiger partial charge >= 0.3 is 5.97 Å². The van der Waals surface area contributed by atoms with Crippen LogP contribution < -0.4 is 5.73 Å². The lowest BCUT2D eigenvalue weighted by Crippen LogP contribution is -2.25. The molecular formula is C8H16FNO2. The first-order valence-electron chi connectivity index (χ1n) is 3.96. The maximum absolute atomic E-state index is 13.0. The number of rotatable bonds is 5. The molecule has 0 fully saturated rings. The Balaban J connectivity index is 3.92. The molecule has 0 bridgehead atoms. The molecule has 12 heavy (non-hydrogen) atoms. The van der Waals surface area contributed by atoms with E-state index in [-0.39, 0.29) is 25.3 Å². The van der Waals surface area contributed by atoms with Gasteiger partial charge in [0.1, 0.15) is 5.67 Å². The van der Waals surface area contributed by atoms with Gasteiger partial charge in [0, 0.05) is 6.42 Å². The van der Waals surface area contributed by atoms with E-state index in [4.69, 9.17) is 10.8 Å². The number of alkyl halides is 1. The minimum Gasteiger partial charge on any atom is -0.481 e. The van der Waals surface area contributed by atoms with Crippen molar-refractivity contribution < 1.29 is 14.3 Å². The van der Waals surface area contributed by atoms with Crippen LogP contribution in [0.4, 0.5) is 4.39 Å². The maximum atomic E-state index is 13.0. The van der Waals surface area contributed by atoms with Crippen molar-refractivity contribution in [3.8, 4) is 0 Å². The molecule has 0 amide bonds. The minimum absolute atomic E-state index is 0.0517. The molecule has 72 valence electrons. The van der Waals surface area contributed by atoms with E-state index in [0.29, 0.717) is 0 Å². The average Bonchev–Trinajstić information content (AvgIpc) is 1.82. The van der Waals surface area contributed by atoms with Crippen LogP contribution in [0.25, 0.3) is 0 Å². The van der Waals surface area contributed by atoms with E-state index in [1.165, 1.54) is 13.8 Å². The summed E-state index contributed by atoms with van der Waals surface area (Å²) < 4.78 is 13.0. The van der Waals surface area contributed by atoms with Crippen molar-refractivity contribution in [3.05, 3.63) is 0 Å². The molecule has 0 saturated carbocycles. The normalized spacial score (nSPS) is 14.3. The van der Waals surface area contributed by atoms with E-state index in [9.17, 15) is 9.18 Å². The van der Waals surface area contributed by atoms with Crippen LogP contribution in [0.5, 0.6) is 0 Å². The molecule has 0 heterocycles. The molecule has 0 aromatic carbocycles. The molecule has 1 unspecified atom stereocenters. The fraction of sp³-hybridized carbons (Fsp3) is 0.875. The van der Waals surface area contributed by atoms with Crippen molar-refractivity contribution in [2.75, 3.05) is 6.54 Å². The predicted molar refractivity (Wildman–Crippen MR) is 44.6 cm³/mol. The van der Waals surface area contributed by atoms with Crippen molar-refractivity contribution in [1.82, 2.24) is 0 Å². The Labute approximate surface area is 71.8 Å². The number of carbonyl (C=O) groups is 1. The molecule has 3 N–H and O–H groups in total. The van der Waals surface area contributed by atoms with Crippen LogP contribution in [0.15, 0.2) is 0 Å². The lowest BCUT2D eigenvalue weighted by molar-refractivity contribution is -0.138. The second-order valence-corrected chi connectivity index (χ2v) is 3.62. The third-order valence-corrected chi connectivity index (χ3v) is 1.57. The van der Waals surface area contributed by atoms with Crippen LogP contribution in [0, 0.1) is 5.92 Å². The van der Waals surface area contributed by atoms with E-state index in [2.05, 4.69) is 0 Å². The van der Waals surface area contributed by atoms with Gasteiger partial charge in [0.2, 0.25) is 0 Å². The molecular weight excluding hydrogens is 161 g/mol. The first-order chi connectivity index (χ1) is 5.35. The molecule has 0 spiro atoms. The number of nitrogens with two attached hydrogens (primary N) is 1. The van der Waals surface area contributed by atoms with Gasteiger partial charge in [0.05, 0.1) is 0 Å². The summed E-state index contributed by atoms with van der Waals surface area (Å²) >= 11 is 0. The summed E-state index contributed by atoms with van der Waals surface area (Å²) in [6.07, 6.45) is 0.152. The van der Waals surface area contributed by atoms with E-state index < -0.39 is 11.6 Å². The van der Waals surface area contributed by atoms with E-state index >= 15 is 0 Å². The Kier molecular flexibility index (Phi) is 4.17. The van der Waals surface area contributed by atoms with Crippen molar-refractivity contribution >= 4 is 5.97 Å². The van der Waals surface area contributed by atoms with E-state index in [1.807, 2.05) is 0 Å². The van der Waals surface area contributed by atoms with E-state index in [0.717, 1.165) is 0 Å². The smallest absolute Gasteiger partial charge is 0.303 e. The van der Waals surface area contributed by atoms with Crippen LogP contribution in [0.2, 0.25) is 0 Å². The monoisotopic (exact) mass is 177 g/mol. The highest BCUT2D eigenvalue weighted by atomic mass is 19.1. The highest BCUT2D eigenvalue weighted by Crippen LogP contribution is 2.21. The van der Waals surface area contributed by atoms with E-state index in [1.54, 1.807) is 0 Å². The summed E-state index contributed by atoms with van der Waals surface area (Å²) in [4.78, 5) is 10.3. The Morgan fingerprint density at radius 3 is 2.42 bits per heavy atom. The molecule has 0 rings (SSSR count). The van der Waals surface area contributed by atoms with Gasteiger partial charge in [-0.2, -0.15) is 0 Å². The Morgan fingerprint density at radius 2 is 2.17 bits per heavy atom.